The summed E-state index contributed by atoms with van der Waals surface area (Å²) < 4.78 is 0. The average Bonchev–Trinajstić information content (AvgIpc) is 2.54. The van der Waals surface area contributed by atoms with Gasteiger partial charge in [0, 0.05) is 41.8 Å². The Morgan fingerprint density at radius 3 is 2.86 bits per heavy atom. The molecule has 4 nitrogen and oxygen atoms in total. The first-order valence-corrected chi connectivity index (χ1v) is 8.87. The van der Waals surface area contributed by atoms with E-state index in [-0.39, 0.29) is 11.8 Å². The molecule has 0 aliphatic carbocycles. The highest BCUT2D eigenvalue weighted by atomic mass is 32.2. The van der Waals surface area contributed by atoms with Gasteiger partial charge in [-0.1, -0.05) is 26.8 Å². The van der Waals surface area contributed by atoms with Crippen molar-refractivity contribution in [2.45, 2.75) is 32.4 Å². The molecule has 2 amide bonds. The van der Waals surface area contributed by atoms with Gasteiger partial charge in [0.25, 0.3) is 5.91 Å². The standard InChI is InChI=1S/C17H24N2O2S/c1-4-16(20)18-14-7-5-6-13(10-14)17(21)19-8-9-22-15(11-19)12(2)3/h5-7,10,12,15H,4,8-9,11H2,1-3H3,(H,18,20)/t15-/m1/s1. The van der Waals surface area contributed by atoms with Crippen molar-refractivity contribution >= 4 is 29.3 Å². The van der Waals surface area contributed by atoms with Crippen molar-refractivity contribution in [1.82, 2.24) is 4.90 Å². The Labute approximate surface area is 136 Å². The monoisotopic (exact) mass is 320 g/mol. The lowest BCUT2D eigenvalue weighted by atomic mass is 10.1. The SMILES string of the molecule is CCC(=O)Nc1cccc(C(=O)N2CCS[C@@H](C(C)C)C2)c1. The van der Waals surface area contributed by atoms with E-state index in [1.807, 2.05) is 41.8 Å². The highest BCUT2D eigenvalue weighted by Crippen LogP contribution is 2.26. The van der Waals surface area contributed by atoms with E-state index in [4.69, 9.17) is 0 Å². The third kappa shape index (κ3) is 4.26. The topological polar surface area (TPSA) is 49.4 Å². The summed E-state index contributed by atoms with van der Waals surface area (Å²) in [7, 11) is 0. The first kappa shape index (κ1) is 16.9. The molecule has 1 aromatic carbocycles. The Hall–Kier alpha value is -1.49. The zero-order valence-corrected chi connectivity index (χ0v) is 14.3. The predicted octanol–water partition coefficient (Wildman–Crippen LogP) is 3.25. The summed E-state index contributed by atoms with van der Waals surface area (Å²) in [5.74, 6) is 1.56. The quantitative estimate of drug-likeness (QED) is 0.926. The van der Waals surface area contributed by atoms with E-state index in [9.17, 15) is 9.59 Å². The van der Waals surface area contributed by atoms with Crippen molar-refractivity contribution in [3.63, 3.8) is 0 Å². The van der Waals surface area contributed by atoms with Crippen LogP contribution in [0.25, 0.3) is 0 Å². The number of amides is 2. The van der Waals surface area contributed by atoms with Crippen LogP contribution in [0.5, 0.6) is 0 Å². The zero-order chi connectivity index (χ0) is 16.1. The molecular weight excluding hydrogens is 296 g/mol. The van der Waals surface area contributed by atoms with Gasteiger partial charge in [-0.15, -0.1) is 0 Å². The number of rotatable bonds is 4. The van der Waals surface area contributed by atoms with Crippen LogP contribution in [-0.4, -0.2) is 40.8 Å². The molecule has 0 aromatic heterocycles. The number of anilines is 1. The van der Waals surface area contributed by atoms with Crippen LogP contribution in [0.4, 0.5) is 5.69 Å². The molecule has 0 bridgehead atoms. The zero-order valence-electron chi connectivity index (χ0n) is 13.5. The second kappa shape index (κ2) is 7.68. The second-order valence-corrected chi connectivity index (χ2v) is 7.23. The maximum Gasteiger partial charge on any atom is 0.253 e. The van der Waals surface area contributed by atoms with Crippen LogP contribution < -0.4 is 5.32 Å². The number of hydrogen-bond donors (Lipinski definition) is 1. The van der Waals surface area contributed by atoms with Crippen LogP contribution in [0.2, 0.25) is 0 Å². The van der Waals surface area contributed by atoms with Gasteiger partial charge >= 0.3 is 0 Å². The number of carbonyl (C=O) groups is 2. The van der Waals surface area contributed by atoms with Crippen molar-refractivity contribution in [1.29, 1.82) is 0 Å². The number of nitrogens with one attached hydrogen (secondary N) is 1. The van der Waals surface area contributed by atoms with Crippen molar-refractivity contribution in [3.8, 4) is 0 Å². The van der Waals surface area contributed by atoms with Gasteiger partial charge in [0.2, 0.25) is 5.91 Å². The average molecular weight is 320 g/mol. The van der Waals surface area contributed by atoms with E-state index < -0.39 is 0 Å². The summed E-state index contributed by atoms with van der Waals surface area (Å²) in [6.45, 7) is 7.80. The maximum atomic E-state index is 12.7. The van der Waals surface area contributed by atoms with Crippen LogP contribution in [-0.2, 0) is 4.79 Å². The number of carbonyl (C=O) groups excluding carboxylic acids is 2. The summed E-state index contributed by atoms with van der Waals surface area (Å²) in [5, 5.41) is 3.30. The third-order valence-corrected chi connectivity index (χ3v) is 5.38. The second-order valence-electron chi connectivity index (χ2n) is 5.89. The lowest BCUT2D eigenvalue weighted by Gasteiger charge is -2.34. The maximum absolute atomic E-state index is 12.7. The Morgan fingerprint density at radius 1 is 1.41 bits per heavy atom. The normalized spacial score (nSPS) is 18.4. The number of hydrogen-bond acceptors (Lipinski definition) is 3. The Morgan fingerprint density at radius 2 is 2.18 bits per heavy atom. The van der Waals surface area contributed by atoms with Gasteiger partial charge in [0.1, 0.15) is 0 Å². The fraction of sp³-hybridized carbons (Fsp3) is 0.529. The van der Waals surface area contributed by atoms with Crippen molar-refractivity contribution in [3.05, 3.63) is 29.8 Å². The first-order chi connectivity index (χ1) is 10.5. The molecule has 1 saturated heterocycles. The number of thioether (sulfide) groups is 1. The molecule has 1 aliphatic heterocycles. The third-order valence-electron chi connectivity index (χ3n) is 3.84. The van der Waals surface area contributed by atoms with Crippen LogP contribution in [0.1, 0.15) is 37.6 Å². The molecule has 5 heteroatoms. The fourth-order valence-electron chi connectivity index (χ4n) is 2.43. The summed E-state index contributed by atoms with van der Waals surface area (Å²) in [6, 6.07) is 7.21. The Bertz CT molecular complexity index is 545. The predicted molar refractivity (Wildman–Crippen MR) is 92.4 cm³/mol. The molecule has 0 radical (unpaired) electrons. The largest absolute Gasteiger partial charge is 0.337 e. The molecule has 2 rings (SSSR count). The number of nitrogens with zero attached hydrogens (tertiary/aromatic N) is 1. The summed E-state index contributed by atoms with van der Waals surface area (Å²) >= 11 is 1.95. The number of benzene rings is 1. The van der Waals surface area contributed by atoms with Gasteiger partial charge in [-0.2, -0.15) is 11.8 Å². The molecule has 1 aromatic rings. The molecule has 1 heterocycles. The molecule has 120 valence electrons. The minimum atomic E-state index is -0.0427. The Balaban J connectivity index is 2.08. The molecule has 1 atom stereocenters. The van der Waals surface area contributed by atoms with Crippen LogP contribution in [0, 0.1) is 5.92 Å². The van der Waals surface area contributed by atoms with Gasteiger partial charge in [0.15, 0.2) is 0 Å². The van der Waals surface area contributed by atoms with E-state index in [2.05, 4.69) is 19.2 Å². The summed E-state index contributed by atoms with van der Waals surface area (Å²) in [6.07, 6.45) is 0.428. The summed E-state index contributed by atoms with van der Waals surface area (Å²) in [5.41, 5.74) is 1.33. The van der Waals surface area contributed by atoms with Gasteiger partial charge in [-0.3, -0.25) is 9.59 Å². The van der Waals surface area contributed by atoms with Crippen molar-refractivity contribution in [2.75, 3.05) is 24.2 Å². The lowest BCUT2D eigenvalue weighted by molar-refractivity contribution is -0.115. The first-order valence-electron chi connectivity index (χ1n) is 7.82. The van der Waals surface area contributed by atoms with Gasteiger partial charge in [0.05, 0.1) is 0 Å². The van der Waals surface area contributed by atoms with E-state index in [0.29, 0.717) is 28.8 Å². The molecule has 1 aliphatic rings. The van der Waals surface area contributed by atoms with Crippen LogP contribution >= 0.6 is 11.8 Å². The van der Waals surface area contributed by atoms with Crippen LogP contribution in [0.15, 0.2) is 24.3 Å². The van der Waals surface area contributed by atoms with E-state index in [1.54, 1.807) is 6.07 Å². The molecule has 1 fully saturated rings. The van der Waals surface area contributed by atoms with E-state index in [0.717, 1.165) is 18.8 Å². The van der Waals surface area contributed by atoms with Gasteiger partial charge in [-0.05, 0) is 24.1 Å². The van der Waals surface area contributed by atoms with E-state index in [1.165, 1.54) is 0 Å². The minimum Gasteiger partial charge on any atom is -0.337 e. The van der Waals surface area contributed by atoms with E-state index >= 15 is 0 Å². The van der Waals surface area contributed by atoms with Gasteiger partial charge in [-0.25, -0.2) is 0 Å². The molecule has 22 heavy (non-hydrogen) atoms. The fourth-order valence-corrected chi connectivity index (χ4v) is 3.72. The van der Waals surface area contributed by atoms with Crippen molar-refractivity contribution < 1.29 is 9.59 Å². The highest BCUT2D eigenvalue weighted by molar-refractivity contribution is 8.00. The highest BCUT2D eigenvalue weighted by Gasteiger charge is 2.26. The molecule has 0 saturated carbocycles. The van der Waals surface area contributed by atoms with Crippen LogP contribution in [0.3, 0.4) is 0 Å². The van der Waals surface area contributed by atoms with Crippen molar-refractivity contribution in [2.24, 2.45) is 5.92 Å². The summed E-state index contributed by atoms with van der Waals surface area (Å²) in [4.78, 5) is 26.1. The Kier molecular flexibility index (Phi) is 5.89. The molecule has 0 spiro atoms. The minimum absolute atomic E-state index is 0.0427. The molecular formula is C17H24N2O2S. The smallest absolute Gasteiger partial charge is 0.253 e. The molecule has 0 unspecified atom stereocenters. The van der Waals surface area contributed by atoms with Gasteiger partial charge < -0.3 is 10.2 Å². The molecule has 1 N–H and O–H groups in total. The lowest BCUT2D eigenvalue weighted by Crippen LogP contribution is -2.43.